The van der Waals surface area contributed by atoms with Crippen molar-refractivity contribution in [2.24, 2.45) is 5.73 Å². The van der Waals surface area contributed by atoms with E-state index in [2.05, 4.69) is 18.5 Å². The van der Waals surface area contributed by atoms with Gasteiger partial charge in [0.25, 0.3) is 5.91 Å². The van der Waals surface area contributed by atoms with Crippen LogP contribution in [0.3, 0.4) is 0 Å². The lowest BCUT2D eigenvalue weighted by Gasteiger charge is -2.20. The number of nitrogens with one attached hydrogen (secondary N) is 1. The quantitative estimate of drug-likeness (QED) is 0.722. The molecule has 0 aliphatic rings. The Morgan fingerprint density at radius 2 is 1.90 bits per heavy atom. The summed E-state index contributed by atoms with van der Waals surface area (Å²) >= 11 is 5.82. The smallest absolute Gasteiger partial charge is 0.250 e. The molecule has 0 unspecified atom stereocenters. The highest BCUT2D eigenvalue weighted by Gasteiger charge is 2.13. The van der Waals surface area contributed by atoms with E-state index in [-0.39, 0.29) is 18.0 Å². The van der Waals surface area contributed by atoms with Crippen molar-refractivity contribution < 1.29 is 9.59 Å². The summed E-state index contributed by atoms with van der Waals surface area (Å²) in [6, 6.07) is 4.69. The maximum atomic E-state index is 12.1. The van der Waals surface area contributed by atoms with Crippen LogP contribution in [0.1, 0.15) is 10.4 Å². The van der Waals surface area contributed by atoms with Gasteiger partial charge < -0.3 is 16.0 Å². The molecular weight excluding hydrogens is 290 g/mol. The number of nitrogens with two attached hydrogens (primary N) is 1. The van der Waals surface area contributed by atoms with E-state index in [1.165, 1.54) is 6.07 Å². The number of benzene rings is 1. The first-order valence-corrected chi connectivity index (χ1v) is 6.70. The molecule has 1 aromatic carbocycles. The number of nitrogens with zero attached hydrogens (tertiary/aromatic N) is 1. The molecule has 0 heterocycles. The highest BCUT2D eigenvalue weighted by molar-refractivity contribution is 6.31. The van der Waals surface area contributed by atoms with Gasteiger partial charge in [0.05, 0.1) is 12.1 Å². The second kappa shape index (κ2) is 8.11. The zero-order valence-electron chi connectivity index (χ0n) is 11.6. The maximum Gasteiger partial charge on any atom is 0.250 e. The molecule has 0 fully saturated rings. The van der Waals surface area contributed by atoms with E-state index < -0.39 is 5.91 Å². The van der Waals surface area contributed by atoms with Crippen LogP contribution in [0.4, 0.5) is 5.69 Å². The second-order valence-corrected chi connectivity index (χ2v) is 4.72. The lowest BCUT2D eigenvalue weighted by Crippen LogP contribution is -2.36. The van der Waals surface area contributed by atoms with Crippen LogP contribution in [0.15, 0.2) is 43.5 Å². The Labute approximate surface area is 129 Å². The monoisotopic (exact) mass is 307 g/mol. The van der Waals surface area contributed by atoms with Crippen LogP contribution >= 0.6 is 11.6 Å². The Hall–Kier alpha value is -2.27. The Morgan fingerprint density at radius 3 is 2.43 bits per heavy atom. The lowest BCUT2D eigenvalue weighted by atomic mass is 10.1. The molecule has 21 heavy (non-hydrogen) atoms. The van der Waals surface area contributed by atoms with Crippen LogP contribution in [0.2, 0.25) is 5.02 Å². The van der Waals surface area contributed by atoms with Gasteiger partial charge in [-0.15, -0.1) is 13.2 Å². The first-order valence-electron chi connectivity index (χ1n) is 6.32. The molecule has 0 aliphatic heterocycles. The van der Waals surface area contributed by atoms with Gasteiger partial charge in [-0.1, -0.05) is 23.8 Å². The number of hydrogen-bond donors (Lipinski definition) is 2. The number of anilines is 1. The topological polar surface area (TPSA) is 75.4 Å². The fraction of sp³-hybridized carbons (Fsp3) is 0.200. The summed E-state index contributed by atoms with van der Waals surface area (Å²) in [4.78, 5) is 25.0. The summed E-state index contributed by atoms with van der Waals surface area (Å²) in [6.07, 6.45) is 3.27. The van der Waals surface area contributed by atoms with Crippen LogP contribution in [-0.2, 0) is 4.79 Å². The van der Waals surface area contributed by atoms with Crippen LogP contribution in [0.5, 0.6) is 0 Å². The fourth-order valence-electron chi connectivity index (χ4n) is 1.75. The summed E-state index contributed by atoms with van der Waals surface area (Å²) in [6.45, 7) is 8.10. The molecule has 0 radical (unpaired) electrons. The number of amides is 2. The van der Waals surface area contributed by atoms with Crippen LogP contribution in [-0.4, -0.2) is 36.3 Å². The van der Waals surface area contributed by atoms with E-state index in [9.17, 15) is 9.59 Å². The van der Waals surface area contributed by atoms with Crippen molar-refractivity contribution in [2.45, 2.75) is 0 Å². The minimum absolute atomic E-state index is 0.0313. The van der Waals surface area contributed by atoms with E-state index in [1.54, 1.807) is 29.2 Å². The highest BCUT2D eigenvalue weighted by Crippen LogP contribution is 2.20. The van der Waals surface area contributed by atoms with Gasteiger partial charge in [0.1, 0.15) is 0 Å². The highest BCUT2D eigenvalue weighted by atomic mass is 35.5. The van der Waals surface area contributed by atoms with Crippen LogP contribution in [0.25, 0.3) is 0 Å². The predicted octanol–water partition coefficient (Wildman–Crippen LogP) is 2.05. The van der Waals surface area contributed by atoms with Crippen molar-refractivity contribution in [2.75, 3.05) is 25.0 Å². The third-order valence-electron chi connectivity index (χ3n) is 2.73. The molecule has 6 heteroatoms. The van der Waals surface area contributed by atoms with Gasteiger partial charge in [-0.3, -0.25) is 9.59 Å². The second-order valence-electron chi connectivity index (χ2n) is 4.28. The predicted molar refractivity (Wildman–Crippen MR) is 85.4 cm³/mol. The number of primary amides is 1. The van der Waals surface area contributed by atoms with Crippen LogP contribution in [0, 0.1) is 0 Å². The van der Waals surface area contributed by atoms with Crippen molar-refractivity contribution in [3.05, 3.63) is 54.1 Å². The summed E-state index contributed by atoms with van der Waals surface area (Å²) < 4.78 is 0. The average molecular weight is 308 g/mol. The minimum atomic E-state index is -0.610. The number of rotatable bonds is 8. The van der Waals surface area contributed by atoms with Crippen molar-refractivity contribution in [1.82, 2.24) is 4.90 Å². The largest absolute Gasteiger partial charge is 0.376 e. The number of halogens is 1. The molecule has 0 saturated heterocycles. The molecule has 0 bridgehead atoms. The molecule has 0 saturated carbocycles. The van der Waals surface area contributed by atoms with Crippen molar-refractivity contribution in [3.8, 4) is 0 Å². The third-order valence-corrected chi connectivity index (χ3v) is 2.96. The Bertz CT molecular complexity index is 548. The fourth-order valence-corrected chi connectivity index (χ4v) is 1.92. The summed E-state index contributed by atoms with van der Waals surface area (Å²) in [5.74, 6) is -0.748. The molecule has 0 aliphatic carbocycles. The average Bonchev–Trinajstić information content (AvgIpc) is 2.45. The first kappa shape index (κ1) is 16.8. The summed E-state index contributed by atoms with van der Waals surface area (Å²) in [5, 5.41) is 3.30. The summed E-state index contributed by atoms with van der Waals surface area (Å²) in [5.41, 5.74) is 6.00. The third kappa shape index (κ3) is 4.96. The molecule has 0 aromatic heterocycles. The molecule has 0 atom stereocenters. The molecular formula is C15H18ClN3O2. The van der Waals surface area contributed by atoms with Gasteiger partial charge in [-0.25, -0.2) is 0 Å². The van der Waals surface area contributed by atoms with Gasteiger partial charge in [-0.2, -0.15) is 0 Å². The van der Waals surface area contributed by atoms with E-state index >= 15 is 0 Å². The maximum absolute atomic E-state index is 12.1. The SMILES string of the molecule is C=CCN(CC=C)C(=O)CNc1ccc(Cl)cc1C(N)=O. The van der Waals surface area contributed by atoms with Gasteiger partial charge >= 0.3 is 0 Å². The van der Waals surface area contributed by atoms with Crippen molar-refractivity contribution in [3.63, 3.8) is 0 Å². The summed E-state index contributed by atoms with van der Waals surface area (Å²) in [7, 11) is 0. The van der Waals surface area contributed by atoms with Gasteiger partial charge in [0.2, 0.25) is 5.91 Å². The molecule has 112 valence electrons. The molecule has 0 spiro atoms. The van der Waals surface area contributed by atoms with E-state index in [4.69, 9.17) is 17.3 Å². The molecule has 2 amide bonds. The minimum Gasteiger partial charge on any atom is -0.376 e. The van der Waals surface area contributed by atoms with Crippen molar-refractivity contribution >= 4 is 29.1 Å². The van der Waals surface area contributed by atoms with E-state index in [0.29, 0.717) is 23.8 Å². The van der Waals surface area contributed by atoms with Gasteiger partial charge in [0, 0.05) is 23.8 Å². The van der Waals surface area contributed by atoms with E-state index in [1.807, 2.05) is 0 Å². The van der Waals surface area contributed by atoms with Gasteiger partial charge in [-0.05, 0) is 18.2 Å². The normalized spacial score (nSPS) is 9.76. The molecule has 1 rings (SSSR count). The Morgan fingerprint density at radius 1 is 1.29 bits per heavy atom. The van der Waals surface area contributed by atoms with Crippen LogP contribution < -0.4 is 11.1 Å². The van der Waals surface area contributed by atoms with Crippen molar-refractivity contribution in [1.29, 1.82) is 0 Å². The van der Waals surface area contributed by atoms with Gasteiger partial charge in [0.15, 0.2) is 0 Å². The molecule has 3 N–H and O–H groups in total. The number of carbonyl (C=O) groups is 2. The van der Waals surface area contributed by atoms with E-state index in [0.717, 1.165) is 0 Å². The molecule has 5 nitrogen and oxygen atoms in total. The standard InChI is InChI=1S/C15H18ClN3O2/c1-3-7-19(8-4-2)14(20)10-18-13-6-5-11(16)9-12(13)15(17)21/h3-6,9,18H,1-2,7-8,10H2,(H2,17,21). The Balaban J connectivity index is 2.78. The number of carbonyl (C=O) groups excluding carboxylic acids is 2. The lowest BCUT2D eigenvalue weighted by molar-refractivity contribution is -0.128. The first-order chi connectivity index (χ1) is 9.99. The zero-order chi connectivity index (χ0) is 15.8. The Kier molecular flexibility index (Phi) is 6.49. The zero-order valence-corrected chi connectivity index (χ0v) is 12.4. The molecule has 1 aromatic rings. The number of hydrogen-bond acceptors (Lipinski definition) is 3.